The molecule has 0 radical (unpaired) electrons. The standard InChI is InChI=1S/C18H24N6O2/c1-18(2,3)26-17(25)21-11-4-6-12(7-5-11)24-15-13-8-9-19-16(13)20-10-14(15)22-23-24/h8-12,23H,4-7H2,1-3H3,(H,21,25). The van der Waals surface area contributed by atoms with E-state index in [1.807, 2.05) is 26.8 Å². The summed E-state index contributed by atoms with van der Waals surface area (Å²) in [6.45, 7) is 5.62. The first-order chi connectivity index (χ1) is 12.4. The van der Waals surface area contributed by atoms with Crippen LogP contribution in [-0.2, 0) is 4.74 Å². The predicted octanol–water partition coefficient (Wildman–Crippen LogP) is 3.32. The highest BCUT2D eigenvalue weighted by Gasteiger charge is 2.27. The first-order valence-corrected chi connectivity index (χ1v) is 9.06. The molecule has 8 nitrogen and oxygen atoms in total. The normalized spacial score (nSPS) is 21.2. The summed E-state index contributed by atoms with van der Waals surface area (Å²) in [6.07, 6.45) is 6.93. The number of carbonyl (C=O) groups excluding carboxylic acids is 1. The third-order valence-electron chi connectivity index (χ3n) is 4.79. The number of nitrogens with zero attached hydrogens (tertiary/aromatic N) is 4. The molecule has 8 heteroatoms. The molecular weight excluding hydrogens is 332 g/mol. The van der Waals surface area contributed by atoms with Crippen molar-refractivity contribution in [2.75, 3.05) is 0 Å². The molecule has 0 aromatic carbocycles. The third kappa shape index (κ3) is 3.23. The Balaban J connectivity index is 1.46. The number of H-pyrrole nitrogens is 1. The molecule has 0 saturated heterocycles. The molecule has 3 heterocycles. The summed E-state index contributed by atoms with van der Waals surface area (Å²) in [7, 11) is 0. The Morgan fingerprint density at radius 1 is 1.27 bits per heavy atom. The predicted molar refractivity (Wildman–Crippen MR) is 97.8 cm³/mol. The van der Waals surface area contributed by atoms with Crippen LogP contribution in [0.3, 0.4) is 0 Å². The van der Waals surface area contributed by atoms with Crippen molar-refractivity contribution in [2.45, 2.75) is 64.1 Å². The number of aromatic nitrogens is 5. The van der Waals surface area contributed by atoms with E-state index in [1.54, 1.807) is 12.4 Å². The van der Waals surface area contributed by atoms with Crippen molar-refractivity contribution in [3.8, 4) is 0 Å². The average molecular weight is 356 g/mol. The number of alkyl carbamates (subject to hydrolysis) is 1. The summed E-state index contributed by atoms with van der Waals surface area (Å²) in [6, 6.07) is 2.45. The molecule has 3 aromatic rings. The first kappa shape index (κ1) is 16.8. The monoisotopic (exact) mass is 356 g/mol. The second-order valence-electron chi connectivity index (χ2n) is 7.91. The Morgan fingerprint density at radius 3 is 2.77 bits per heavy atom. The Hall–Kier alpha value is -2.64. The zero-order chi connectivity index (χ0) is 18.3. The fourth-order valence-electron chi connectivity index (χ4n) is 3.65. The molecule has 0 aliphatic heterocycles. The maximum absolute atomic E-state index is 12.0. The fourth-order valence-corrected chi connectivity index (χ4v) is 3.65. The van der Waals surface area contributed by atoms with Crippen LogP contribution in [0.4, 0.5) is 4.79 Å². The van der Waals surface area contributed by atoms with Crippen LogP contribution in [0.25, 0.3) is 22.1 Å². The number of hydrogen-bond acceptors (Lipinski definition) is 5. The molecule has 2 N–H and O–H groups in total. The van der Waals surface area contributed by atoms with Gasteiger partial charge in [-0.2, -0.15) is 5.10 Å². The van der Waals surface area contributed by atoms with E-state index in [-0.39, 0.29) is 12.1 Å². The Bertz CT molecular complexity index is 930. The quantitative estimate of drug-likeness (QED) is 0.734. The van der Waals surface area contributed by atoms with Crippen LogP contribution in [0.1, 0.15) is 52.5 Å². The molecule has 3 aromatic heterocycles. The number of hydrogen-bond donors (Lipinski definition) is 2. The molecule has 1 fully saturated rings. The van der Waals surface area contributed by atoms with E-state index in [9.17, 15) is 4.79 Å². The summed E-state index contributed by atoms with van der Waals surface area (Å²) in [5.74, 6) is 0. The van der Waals surface area contributed by atoms with Crippen molar-refractivity contribution >= 4 is 28.2 Å². The lowest BCUT2D eigenvalue weighted by Gasteiger charge is -2.30. The van der Waals surface area contributed by atoms with Crippen molar-refractivity contribution in [1.82, 2.24) is 30.3 Å². The molecule has 0 atom stereocenters. The van der Waals surface area contributed by atoms with Gasteiger partial charge in [0.15, 0.2) is 5.65 Å². The van der Waals surface area contributed by atoms with E-state index in [0.717, 1.165) is 47.8 Å². The second kappa shape index (κ2) is 6.26. The van der Waals surface area contributed by atoms with Crippen LogP contribution in [0.5, 0.6) is 0 Å². The highest BCUT2D eigenvalue weighted by Crippen LogP contribution is 2.32. The van der Waals surface area contributed by atoms with Gasteiger partial charge in [0.2, 0.25) is 0 Å². The zero-order valence-corrected chi connectivity index (χ0v) is 15.3. The van der Waals surface area contributed by atoms with E-state index < -0.39 is 5.60 Å². The van der Waals surface area contributed by atoms with Gasteiger partial charge in [-0.25, -0.2) is 20.0 Å². The summed E-state index contributed by atoms with van der Waals surface area (Å²) >= 11 is 0. The first-order valence-electron chi connectivity index (χ1n) is 9.06. The van der Waals surface area contributed by atoms with Crippen molar-refractivity contribution < 1.29 is 9.53 Å². The number of amides is 1. The average Bonchev–Trinajstić information content (AvgIpc) is 3.19. The number of ether oxygens (including phenoxy) is 1. The number of pyridine rings is 1. The Labute approximate surface area is 151 Å². The number of aromatic amines is 1. The van der Waals surface area contributed by atoms with E-state index in [4.69, 9.17) is 4.74 Å². The number of nitrogens with one attached hydrogen (secondary N) is 2. The molecule has 0 bridgehead atoms. The molecule has 0 unspecified atom stereocenters. The van der Waals surface area contributed by atoms with Crippen LogP contribution >= 0.6 is 0 Å². The molecule has 4 rings (SSSR count). The van der Waals surface area contributed by atoms with Gasteiger partial charge in [-0.15, -0.1) is 0 Å². The highest BCUT2D eigenvalue weighted by molar-refractivity contribution is 6.00. The summed E-state index contributed by atoms with van der Waals surface area (Å²) in [4.78, 5) is 20.6. The zero-order valence-electron chi connectivity index (χ0n) is 15.3. The van der Waals surface area contributed by atoms with E-state index in [0.29, 0.717) is 6.04 Å². The molecule has 1 saturated carbocycles. The van der Waals surface area contributed by atoms with Crippen molar-refractivity contribution in [3.05, 3.63) is 18.5 Å². The second-order valence-corrected chi connectivity index (χ2v) is 7.91. The lowest BCUT2D eigenvalue weighted by Crippen LogP contribution is -2.41. The van der Waals surface area contributed by atoms with Crippen LogP contribution in [0.2, 0.25) is 0 Å². The number of rotatable bonds is 2. The maximum atomic E-state index is 12.0. The van der Waals surface area contributed by atoms with Gasteiger partial charge in [0.1, 0.15) is 11.1 Å². The van der Waals surface area contributed by atoms with Gasteiger partial charge in [0.25, 0.3) is 0 Å². The molecular formula is C18H24N6O2. The number of fused-ring (bicyclic) bond motifs is 3. The van der Waals surface area contributed by atoms with Gasteiger partial charge in [0.05, 0.1) is 17.8 Å². The summed E-state index contributed by atoms with van der Waals surface area (Å²) < 4.78 is 7.48. The van der Waals surface area contributed by atoms with E-state index in [2.05, 4.69) is 30.3 Å². The van der Waals surface area contributed by atoms with Gasteiger partial charge >= 0.3 is 6.09 Å². The Morgan fingerprint density at radius 2 is 2.04 bits per heavy atom. The Kier molecular flexibility index (Phi) is 4.05. The van der Waals surface area contributed by atoms with Gasteiger partial charge < -0.3 is 10.1 Å². The van der Waals surface area contributed by atoms with Crippen LogP contribution < -0.4 is 5.32 Å². The van der Waals surface area contributed by atoms with Gasteiger partial charge in [-0.3, -0.25) is 4.68 Å². The lowest BCUT2D eigenvalue weighted by atomic mass is 9.91. The van der Waals surface area contributed by atoms with Crippen molar-refractivity contribution in [2.24, 2.45) is 0 Å². The topological polar surface area (TPSA) is 97.7 Å². The lowest BCUT2D eigenvalue weighted by molar-refractivity contribution is 0.0487. The van der Waals surface area contributed by atoms with Gasteiger partial charge in [-0.05, 0) is 52.5 Å². The minimum atomic E-state index is -0.473. The fraction of sp³-hybridized carbons (Fsp3) is 0.556. The van der Waals surface area contributed by atoms with Crippen LogP contribution in [0.15, 0.2) is 18.5 Å². The summed E-state index contributed by atoms with van der Waals surface area (Å²) in [5.41, 5.74) is 2.17. The molecule has 138 valence electrons. The van der Waals surface area contributed by atoms with Gasteiger partial charge in [0, 0.05) is 17.6 Å². The highest BCUT2D eigenvalue weighted by atomic mass is 16.6. The van der Waals surface area contributed by atoms with Crippen LogP contribution in [-0.4, -0.2) is 42.7 Å². The van der Waals surface area contributed by atoms with Gasteiger partial charge in [-0.1, -0.05) is 0 Å². The van der Waals surface area contributed by atoms with Crippen molar-refractivity contribution in [3.63, 3.8) is 0 Å². The SMILES string of the molecule is CC(C)(C)OC(=O)NC1CCC(n2[nH]nc3cnc4nccc4c32)CC1. The minimum absolute atomic E-state index is 0.151. The van der Waals surface area contributed by atoms with Crippen LogP contribution in [0, 0.1) is 0 Å². The number of carbonyl (C=O) groups is 1. The van der Waals surface area contributed by atoms with Crippen molar-refractivity contribution in [1.29, 1.82) is 0 Å². The molecule has 0 spiro atoms. The maximum Gasteiger partial charge on any atom is 0.407 e. The van der Waals surface area contributed by atoms with E-state index in [1.165, 1.54) is 0 Å². The largest absolute Gasteiger partial charge is 0.444 e. The molecule has 1 aliphatic rings. The molecule has 1 amide bonds. The molecule has 1 aliphatic carbocycles. The minimum Gasteiger partial charge on any atom is -0.444 e. The molecule has 26 heavy (non-hydrogen) atoms. The van der Waals surface area contributed by atoms with E-state index >= 15 is 0 Å². The summed E-state index contributed by atoms with van der Waals surface area (Å²) in [5, 5.41) is 11.5. The smallest absolute Gasteiger partial charge is 0.407 e. The third-order valence-corrected chi connectivity index (χ3v) is 4.79.